The maximum Gasteiger partial charge on any atom is 0.326 e. The molecule has 83 heavy (non-hydrogen) atoms. The molecule has 1 fully saturated rings. The highest BCUT2D eigenvalue weighted by Crippen LogP contribution is 2.21. The second-order valence-electron chi connectivity index (χ2n) is 20.3. The number of hydrogen-bond acceptors (Lipinski definition) is 15. The summed E-state index contributed by atoms with van der Waals surface area (Å²) in [4.78, 5) is 136. The maximum atomic E-state index is 14.4. The predicted molar refractivity (Wildman–Crippen MR) is 305 cm³/mol. The Morgan fingerprint density at radius 1 is 0.602 bits per heavy atom. The highest BCUT2D eigenvalue weighted by Gasteiger charge is 2.39. The van der Waals surface area contributed by atoms with Crippen LogP contribution in [0, 0.1) is 5.92 Å². The van der Waals surface area contributed by atoms with Crippen molar-refractivity contribution >= 4 is 65.2 Å². The minimum absolute atomic E-state index is 0.0362. The standard InChI is InChI=1S/C54H77N13O12.C2H4O2/c1-32(2)26-41(65-51(76)42(28-33-10-4-3-5-11-33)62-46(71)31-60-45(70)30-61-47(72)38(56)27-34-15-19-36(68)20-16-34)50(75)64-40(13-8-24-59-54(57)58)48(73)63-39(12-6-7-23-55)49(74)66-43(29-35-17-21-37(69)22-18-35)52(77)67-25-9-14-44(67)53(78)79;1-2(3)4/h3-5,10-11,15-22,32,38-44,68-69H,6-9,12-14,23-31,55-56H2,1-2H3,(H,60,70)(H,61,72)(H,62,71)(H,63,73)(H,64,75)(H,65,76)(H,66,74)(H,78,79)(H4,57,58,59);1H3,(H,3,4)/t38-,39-,40-,41-,42-,43-,44-;/m0./s1. The van der Waals surface area contributed by atoms with Crippen molar-refractivity contribution < 1.29 is 68.4 Å². The SMILES string of the molecule is CC(=O)O.CC(C)C[C@H](NC(=O)[C@H](Cc1ccccc1)NC(=O)CNC(=O)CNC(=O)[C@@H](N)Cc1ccc(O)cc1)C(=O)N[C@@H](CCCN=C(N)N)C(=O)N[C@@H](CCCCN)C(=O)N[C@@H](Cc1ccc(O)cc1)C(=O)N1CCC[C@H]1C(=O)O. The van der Waals surface area contributed by atoms with Crippen molar-refractivity contribution in [3.05, 3.63) is 95.6 Å². The Hall–Kier alpha value is -8.85. The van der Waals surface area contributed by atoms with Crippen molar-refractivity contribution in [2.45, 2.75) is 134 Å². The molecule has 1 saturated heterocycles. The number of rotatable bonds is 32. The van der Waals surface area contributed by atoms with Crippen molar-refractivity contribution in [3.63, 3.8) is 0 Å². The van der Waals surface area contributed by atoms with Gasteiger partial charge in [0.1, 0.15) is 47.8 Å². The lowest BCUT2D eigenvalue weighted by Gasteiger charge is -2.30. The number of unbranched alkanes of at least 4 members (excludes halogenated alkanes) is 1. The number of benzene rings is 3. The molecule has 1 aliphatic heterocycles. The highest BCUT2D eigenvalue weighted by molar-refractivity contribution is 5.97. The Balaban J connectivity index is 0.00000436. The molecule has 0 spiro atoms. The minimum Gasteiger partial charge on any atom is -0.508 e. The van der Waals surface area contributed by atoms with Crippen LogP contribution in [0.5, 0.6) is 11.5 Å². The van der Waals surface area contributed by atoms with E-state index in [2.05, 4.69) is 42.2 Å². The number of phenolic OH excluding ortho intramolecular Hbond substituents is 2. The molecule has 0 bridgehead atoms. The van der Waals surface area contributed by atoms with E-state index in [0.717, 1.165) is 6.92 Å². The van der Waals surface area contributed by atoms with Crippen LogP contribution >= 0.6 is 0 Å². The topological polar surface area (TPSA) is 456 Å². The molecule has 27 nitrogen and oxygen atoms in total. The zero-order chi connectivity index (χ0) is 61.6. The Morgan fingerprint density at radius 3 is 1.63 bits per heavy atom. The van der Waals surface area contributed by atoms with Crippen LogP contribution in [0.3, 0.4) is 0 Å². The molecule has 3 aromatic rings. The normalized spacial score (nSPS) is 14.8. The Bertz CT molecular complexity index is 2650. The second kappa shape index (κ2) is 35.8. The van der Waals surface area contributed by atoms with E-state index in [-0.39, 0.29) is 94.4 Å². The maximum absolute atomic E-state index is 14.4. The second-order valence-corrected chi connectivity index (χ2v) is 20.3. The van der Waals surface area contributed by atoms with Gasteiger partial charge in [0, 0.05) is 32.9 Å². The first-order valence-electron chi connectivity index (χ1n) is 27.3. The fraction of sp³-hybridized carbons (Fsp3) is 0.482. The lowest BCUT2D eigenvalue weighted by Crippen LogP contribution is -2.60. The van der Waals surface area contributed by atoms with Crippen LogP contribution in [0.4, 0.5) is 0 Å². The number of aliphatic carboxylic acids is 2. The Kier molecular flexibility index (Phi) is 29.5. The van der Waals surface area contributed by atoms with Gasteiger partial charge < -0.3 is 85.5 Å². The molecule has 0 aliphatic carbocycles. The molecule has 4 rings (SSSR count). The van der Waals surface area contributed by atoms with Crippen LogP contribution in [0.2, 0.25) is 0 Å². The van der Waals surface area contributed by atoms with Crippen molar-refractivity contribution in [2.75, 3.05) is 32.7 Å². The number of carboxylic acids is 2. The van der Waals surface area contributed by atoms with Crippen LogP contribution in [0.25, 0.3) is 0 Å². The third-order valence-electron chi connectivity index (χ3n) is 12.8. The highest BCUT2D eigenvalue weighted by atomic mass is 16.4. The molecule has 19 N–H and O–H groups in total. The number of aromatic hydroxyl groups is 2. The summed E-state index contributed by atoms with van der Waals surface area (Å²) in [7, 11) is 0. The summed E-state index contributed by atoms with van der Waals surface area (Å²) in [6.45, 7) is 4.04. The van der Waals surface area contributed by atoms with Gasteiger partial charge in [0.15, 0.2) is 5.96 Å². The van der Waals surface area contributed by atoms with Crippen LogP contribution < -0.4 is 60.2 Å². The summed E-state index contributed by atoms with van der Waals surface area (Å²) < 4.78 is 0. The zero-order valence-corrected chi connectivity index (χ0v) is 47.0. The molecule has 7 atom stereocenters. The molecule has 8 amide bonds. The summed E-state index contributed by atoms with van der Waals surface area (Å²) in [5.74, 6) is -8.35. The predicted octanol–water partition coefficient (Wildman–Crippen LogP) is -1.50. The summed E-state index contributed by atoms with van der Waals surface area (Å²) in [6, 6.07) is 12.1. The van der Waals surface area contributed by atoms with Gasteiger partial charge in [-0.3, -0.25) is 48.1 Å². The number of nitrogens with zero attached hydrogens (tertiary/aromatic N) is 2. The lowest BCUT2D eigenvalue weighted by atomic mass is 10.00. The van der Waals surface area contributed by atoms with E-state index in [4.69, 9.17) is 32.8 Å². The number of carboxylic acid groups (broad SMARTS) is 2. The van der Waals surface area contributed by atoms with E-state index in [1.807, 2.05) is 0 Å². The molecule has 27 heteroatoms. The number of nitrogens with two attached hydrogens (primary N) is 4. The van der Waals surface area contributed by atoms with Crippen LogP contribution in [0.15, 0.2) is 83.9 Å². The molecule has 0 saturated carbocycles. The third-order valence-corrected chi connectivity index (χ3v) is 12.8. The fourth-order valence-corrected chi connectivity index (χ4v) is 8.70. The van der Waals surface area contributed by atoms with Crippen molar-refractivity contribution in [1.82, 2.24) is 42.1 Å². The Morgan fingerprint density at radius 2 is 1.08 bits per heavy atom. The van der Waals surface area contributed by atoms with Gasteiger partial charge in [0.2, 0.25) is 47.3 Å². The van der Waals surface area contributed by atoms with Gasteiger partial charge in [-0.1, -0.05) is 68.4 Å². The number of phenols is 2. The lowest BCUT2D eigenvalue weighted by molar-refractivity contribution is -0.149. The fourth-order valence-electron chi connectivity index (χ4n) is 8.70. The van der Waals surface area contributed by atoms with Gasteiger partial charge >= 0.3 is 5.97 Å². The molecule has 0 aromatic heterocycles. The van der Waals surface area contributed by atoms with Gasteiger partial charge in [0.05, 0.1) is 19.1 Å². The quantitative estimate of drug-likeness (QED) is 0.0192. The number of aliphatic imine (C=N–C) groups is 1. The Labute approximate surface area is 481 Å². The van der Waals surface area contributed by atoms with Gasteiger partial charge in [0.25, 0.3) is 5.97 Å². The van der Waals surface area contributed by atoms with Crippen LogP contribution in [-0.4, -0.2) is 165 Å². The summed E-state index contributed by atoms with van der Waals surface area (Å²) in [6.07, 6.45) is 1.67. The first-order valence-corrected chi connectivity index (χ1v) is 27.3. The number of carbonyl (C=O) groups is 10. The molecule has 3 aromatic carbocycles. The number of guanidine groups is 1. The van der Waals surface area contributed by atoms with Crippen molar-refractivity contribution in [3.8, 4) is 11.5 Å². The number of hydrogen-bond donors (Lipinski definition) is 15. The monoisotopic (exact) mass is 1160 g/mol. The average molecular weight is 1160 g/mol. The summed E-state index contributed by atoms with van der Waals surface area (Å²) in [5.41, 5.74) is 24.8. The molecule has 1 aliphatic rings. The average Bonchev–Trinajstić information content (AvgIpc) is 4.21. The van der Waals surface area contributed by atoms with E-state index in [1.54, 1.807) is 68.4 Å². The van der Waals surface area contributed by atoms with Crippen molar-refractivity contribution in [1.29, 1.82) is 0 Å². The number of likely N-dealkylation sites (tertiary alicyclic amines) is 1. The molecule has 1 heterocycles. The molecule has 454 valence electrons. The van der Waals surface area contributed by atoms with Crippen LogP contribution in [-0.2, 0) is 67.2 Å². The molecular weight excluding hydrogens is 1080 g/mol. The molecular formula is C56H81N13O14. The van der Waals surface area contributed by atoms with E-state index >= 15 is 0 Å². The molecule has 0 radical (unpaired) electrons. The van der Waals surface area contributed by atoms with Gasteiger partial charge in [-0.15, -0.1) is 0 Å². The van der Waals surface area contributed by atoms with E-state index in [9.17, 15) is 58.5 Å². The summed E-state index contributed by atoms with van der Waals surface area (Å²) >= 11 is 0. The number of amides is 8. The van der Waals surface area contributed by atoms with Gasteiger partial charge in [-0.05, 0) is 111 Å². The number of nitrogens with one attached hydrogen (secondary N) is 7. The van der Waals surface area contributed by atoms with Gasteiger partial charge in [-0.25, -0.2) is 4.79 Å². The van der Waals surface area contributed by atoms with Crippen molar-refractivity contribution in [2.24, 2.45) is 33.8 Å². The first kappa shape index (κ1) is 68.4. The molecule has 0 unspecified atom stereocenters. The van der Waals surface area contributed by atoms with E-state index in [0.29, 0.717) is 36.0 Å². The minimum atomic E-state index is -1.35. The van der Waals surface area contributed by atoms with Crippen LogP contribution in [0.1, 0.15) is 88.8 Å². The summed E-state index contributed by atoms with van der Waals surface area (Å²) in [5, 5.41) is 55.1. The third kappa shape index (κ3) is 26.1. The van der Waals surface area contributed by atoms with E-state index < -0.39 is 115 Å². The smallest absolute Gasteiger partial charge is 0.326 e. The van der Waals surface area contributed by atoms with E-state index in [1.165, 1.54) is 29.2 Å². The first-order chi connectivity index (χ1) is 39.4. The largest absolute Gasteiger partial charge is 0.508 e. The zero-order valence-electron chi connectivity index (χ0n) is 47.0. The van der Waals surface area contributed by atoms with Gasteiger partial charge in [-0.2, -0.15) is 0 Å². The number of carbonyl (C=O) groups excluding carboxylic acids is 8.